The number of rotatable bonds is 3. The van der Waals surface area contributed by atoms with Gasteiger partial charge in [-0.15, -0.1) is 0 Å². The van der Waals surface area contributed by atoms with Crippen LogP contribution in [0.4, 0.5) is 5.69 Å². The molecule has 116 valence electrons. The Balaban J connectivity index is 1.76. The summed E-state index contributed by atoms with van der Waals surface area (Å²) in [6.07, 6.45) is 1.70. The van der Waals surface area contributed by atoms with Gasteiger partial charge in [-0.1, -0.05) is 23.4 Å². The zero-order valence-corrected chi connectivity index (χ0v) is 13.2. The molecule has 1 aliphatic rings. The van der Waals surface area contributed by atoms with E-state index in [1.165, 1.54) is 5.56 Å². The van der Waals surface area contributed by atoms with E-state index in [-0.39, 0.29) is 11.9 Å². The highest BCUT2D eigenvalue weighted by molar-refractivity contribution is 5.96. The molecular weight excluding hydrogens is 278 g/mol. The van der Waals surface area contributed by atoms with Crippen molar-refractivity contribution in [2.75, 3.05) is 12.4 Å². The number of benzene rings is 1. The molecule has 1 aromatic carbocycles. The number of aromatic nitrogens is 1. The molecule has 0 radical (unpaired) electrons. The average molecular weight is 299 g/mol. The van der Waals surface area contributed by atoms with E-state index >= 15 is 0 Å². The predicted octanol–water partition coefficient (Wildman–Crippen LogP) is 2.68. The zero-order valence-electron chi connectivity index (χ0n) is 13.2. The van der Waals surface area contributed by atoms with E-state index < -0.39 is 0 Å². The van der Waals surface area contributed by atoms with Gasteiger partial charge in [0.15, 0.2) is 0 Å². The molecule has 1 N–H and O–H groups in total. The Morgan fingerprint density at radius 2 is 2.14 bits per heavy atom. The number of aryl methyl sites for hydroxylation is 3. The Bertz CT molecular complexity index is 673. The molecule has 0 unspecified atom stereocenters. The van der Waals surface area contributed by atoms with Gasteiger partial charge in [-0.25, -0.2) is 0 Å². The highest BCUT2D eigenvalue weighted by atomic mass is 16.5. The first kappa shape index (κ1) is 14.8. The number of carbonyl (C=O) groups excluding carboxylic acids is 1. The monoisotopic (exact) mass is 299 g/mol. The largest absolute Gasteiger partial charge is 0.361 e. The van der Waals surface area contributed by atoms with Gasteiger partial charge in [-0.2, -0.15) is 0 Å². The van der Waals surface area contributed by atoms with Crippen molar-refractivity contribution < 1.29 is 9.32 Å². The zero-order chi connectivity index (χ0) is 15.7. The first-order valence-corrected chi connectivity index (χ1v) is 7.57. The number of carbonyl (C=O) groups is 1. The van der Waals surface area contributed by atoms with E-state index in [0.29, 0.717) is 6.54 Å². The molecule has 1 aromatic heterocycles. The maximum absolute atomic E-state index is 12.5. The smallest absolute Gasteiger partial charge is 0.241 e. The van der Waals surface area contributed by atoms with Gasteiger partial charge in [0.25, 0.3) is 0 Å². The van der Waals surface area contributed by atoms with Crippen molar-refractivity contribution in [2.24, 2.45) is 0 Å². The molecule has 0 spiro atoms. The van der Waals surface area contributed by atoms with Crippen LogP contribution in [0.25, 0.3) is 0 Å². The molecule has 0 aliphatic carbocycles. The minimum atomic E-state index is -0.152. The van der Waals surface area contributed by atoms with Crippen LogP contribution >= 0.6 is 0 Å². The summed E-state index contributed by atoms with van der Waals surface area (Å²) >= 11 is 0. The third kappa shape index (κ3) is 2.76. The normalized spacial score (nSPS) is 18.0. The highest BCUT2D eigenvalue weighted by Gasteiger charge is 2.28. The number of hydrogen-bond donors (Lipinski definition) is 1. The summed E-state index contributed by atoms with van der Waals surface area (Å²) in [5.41, 5.74) is 4.09. The van der Waals surface area contributed by atoms with Crippen LogP contribution in [0, 0.1) is 13.8 Å². The summed E-state index contributed by atoms with van der Waals surface area (Å²) in [5, 5.41) is 7.02. The van der Waals surface area contributed by atoms with Crippen molar-refractivity contribution in [3.8, 4) is 0 Å². The molecule has 2 heterocycles. The molecule has 5 nitrogen and oxygen atoms in total. The first-order chi connectivity index (χ1) is 10.6. The third-order valence-electron chi connectivity index (χ3n) is 4.39. The number of para-hydroxylation sites is 1. The fraction of sp³-hybridized carbons (Fsp3) is 0.412. The van der Waals surface area contributed by atoms with Crippen molar-refractivity contribution in [1.29, 1.82) is 0 Å². The Morgan fingerprint density at radius 3 is 2.86 bits per heavy atom. The Kier molecular flexibility index (Phi) is 3.98. The number of likely N-dealkylation sites (N-methyl/N-ethyl adjacent to an activating group) is 1. The summed E-state index contributed by atoms with van der Waals surface area (Å²) < 4.78 is 5.21. The van der Waals surface area contributed by atoms with Crippen LogP contribution in [0.1, 0.15) is 29.0 Å². The molecule has 0 saturated heterocycles. The van der Waals surface area contributed by atoms with E-state index in [2.05, 4.69) is 21.4 Å². The van der Waals surface area contributed by atoms with E-state index in [1.807, 2.05) is 39.1 Å². The lowest BCUT2D eigenvalue weighted by atomic mass is 10.0. The van der Waals surface area contributed by atoms with Crippen molar-refractivity contribution in [2.45, 2.75) is 39.3 Å². The van der Waals surface area contributed by atoms with Gasteiger partial charge in [0.2, 0.25) is 5.91 Å². The quantitative estimate of drug-likeness (QED) is 0.946. The molecule has 2 aromatic rings. The van der Waals surface area contributed by atoms with Crippen LogP contribution < -0.4 is 5.32 Å². The number of amides is 1. The van der Waals surface area contributed by atoms with Crippen molar-refractivity contribution in [3.05, 3.63) is 46.8 Å². The second kappa shape index (κ2) is 5.93. The van der Waals surface area contributed by atoms with Crippen molar-refractivity contribution in [3.63, 3.8) is 0 Å². The summed E-state index contributed by atoms with van der Waals surface area (Å²) in [7, 11) is 1.98. The fourth-order valence-corrected chi connectivity index (χ4v) is 3.01. The fourth-order valence-electron chi connectivity index (χ4n) is 3.01. The number of hydrogen-bond acceptors (Lipinski definition) is 4. The second-order valence-corrected chi connectivity index (χ2v) is 5.92. The van der Waals surface area contributed by atoms with Gasteiger partial charge in [0.1, 0.15) is 5.76 Å². The SMILES string of the molecule is Cc1noc(C)c1CN(C)[C@H]1CCc2ccccc2NC1=O. The molecule has 1 amide bonds. The van der Waals surface area contributed by atoms with E-state index in [0.717, 1.165) is 35.5 Å². The molecule has 3 rings (SSSR count). The molecule has 0 bridgehead atoms. The predicted molar refractivity (Wildman–Crippen MR) is 84.6 cm³/mol. The summed E-state index contributed by atoms with van der Waals surface area (Å²) in [4.78, 5) is 14.6. The number of fused-ring (bicyclic) bond motifs is 1. The molecule has 0 fully saturated rings. The summed E-state index contributed by atoms with van der Waals surface area (Å²) in [5.74, 6) is 0.876. The average Bonchev–Trinajstić information content (AvgIpc) is 2.72. The maximum atomic E-state index is 12.5. The topological polar surface area (TPSA) is 58.4 Å². The summed E-state index contributed by atoms with van der Waals surface area (Å²) in [6, 6.07) is 7.85. The van der Waals surface area contributed by atoms with Gasteiger partial charge in [-0.3, -0.25) is 9.69 Å². The Hall–Kier alpha value is -2.14. The van der Waals surface area contributed by atoms with Crippen LogP contribution in [-0.4, -0.2) is 29.1 Å². The van der Waals surface area contributed by atoms with Crippen LogP contribution in [0.5, 0.6) is 0 Å². The van der Waals surface area contributed by atoms with E-state index in [4.69, 9.17) is 4.52 Å². The van der Waals surface area contributed by atoms with Crippen LogP contribution in [0.3, 0.4) is 0 Å². The minimum Gasteiger partial charge on any atom is -0.361 e. The lowest BCUT2D eigenvalue weighted by molar-refractivity contribution is -0.121. The molecule has 0 saturated carbocycles. The highest BCUT2D eigenvalue weighted by Crippen LogP contribution is 2.24. The second-order valence-electron chi connectivity index (χ2n) is 5.92. The van der Waals surface area contributed by atoms with Gasteiger partial charge in [0.05, 0.1) is 11.7 Å². The third-order valence-corrected chi connectivity index (χ3v) is 4.39. The molecule has 5 heteroatoms. The van der Waals surface area contributed by atoms with Crippen molar-refractivity contribution in [1.82, 2.24) is 10.1 Å². The van der Waals surface area contributed by atoms with Gasteiger partial charge >= 0.3 is 0 Å². The van der Waals surface area contributed by atoms with E-state index in [1.54, 1.807) is 0 Å². The first-order valence-electron chi connectivity index (χ1n) is 7.57. The van der Waals surface area contributed by atoms with Crippen LogP contribution in [0.2, 0.25) is 0 Å². The molecular formula is C17H21N3O2. The number of nitrogens with one attached hydrogen (secondary N) is 1. The van der Waals surface area contributed by atoms with Crippen LogP contribution in [0.15, 0.2) is 28.8 Å². The van der Waals surface area contributed by atoms with Gasteiger partial charge in [-0.05, 0) is 45.4 Å². The Morgan fingerprint density at radius 1 is 1.36 bits per heavy atom. The van der Waals surface area contributed by atoms with Gasteiger partial charge < -0.3 is 9.84 Å². The van der Waals surface area contributed by atoms with Crippen molar-refractivity contribution >= 4 is 11.6 Å². The number of anilines is 1. The van der Waals surface area contributed by atoms with Crippen LogP contribution in [-0.2, 0) is 17.8 Å². The standard InChI is InChI=1S/C17H21N3O2/c1-11-14(12(2)22-19-11)10-20(3)16-9-8-13-6-4-5-7-15(13)18-17(16)21/h4-7,16H,8-10H2,1-3H3,(H,18,21)/t16-/m0/s1. The number of nitrogens with zero attached hydrogens (tertiary/aromatic N) is 2. The molecule has 1 aliphatic heterocycles. The van der Waals surface area contributed by atoms with E-state index in [9.17, 15) is 4.79 Å². The summed E-state index contributed by atoms with van der Waals surface area (Å²) in [6.45, 7) is 4.50. The molecule has 1 atom stereocenters. The maximum Gasteiger partial charge on any atom is 0.241 e. The Labute approximate surface area is 130 Å². The molecule has 22 heavy (non-hydrogen) atoms. The van der Waals surface area contributed by atoms with Gasteiger partial charge in [0, 0.05) is 17.8 Å². The minimum absolute atomic E-state index is 0.0548. The lowest BCUT2D eigenvalue weighted by Crippen LogP contribution is -2.41. The lowest BCUT2D eigenvalue weighted by Gasteiger charge is -2.25.